The Bertz CT molecular complexity index is 1310. The van der Waals surface area contributed by atoms with Crippen LogP contribution in [-0.4, -0.2) is 0 Å². The molecule has 0 bridgehead atoms. The van der Waals surface area contributed by atoms with Crippen LogP contribution in [0.15, 0.2) is 103 Å². The lowest BCUT2D eigenvalue weighted by Crippen LogP contribution is -1.96. The molecule has 0 N–H and O–H groups in total. The highest BCUT2D eigenvalue weighted by molar-refractivity contribution is 7.35. The first-order chi connectivity index (χ1) is 13.8. The van der Waals surface area contributed by atoms with Gasteiger partial charge in [-0.3, -0.25) is 4.57 Å². The molecule has 0 amide bonds. The van der Waals surface area contributed by atoms with Gasteiger partial charge in [-0.2, -0.15) is 0 Å². The summed E-state index contributed by atoms with van der Waals surface area (Å²) in [6.45, 7) is 0. The van der Waals surface area contributed by atoms with E-state index in [4.69, 9.17) is 0 Å². The minimum atomic E-state index is 0.0413. The molecular weight excluding hydrogens is 359 g/mol. The second-order valence-electron chi connectivity index (χ2n) is 6.92. The fourth-order valence-corrected chi connectivity index (χ4v) is 4.31. The molecule has 0 radical (unpaired) electrons. The average molecular weight is 376 g/mol. The molecule has 0 aliphatic rings. The third-order valence-corrected chi connectivity index (χ3v) is 5.81. The standard InChI is InChI=1S/C26H17OP/c27-28-26-17-22(19-9-5-2-6-10-19)16-25-23(26)14-13-20-11-12-21(15-24(20)25)18-7-3-1-4-8-18/h1-17H. The molecule has 0 aromatic heterocycles. The van der Waals surface area contributed by atoms with Gasteiger partial charge >= 0.3 is 0 Å². The van der Waals surface area contributed by atoms with Crippen LogP contribution in [0.1, 0.15) is 0 Å². The summed E-state index contributed by atoms with van der Waals surface area (Å²) in [4.78, 5) is 0. The summed E-state index contributed by atoms with van der Waals surface area (Å²) in [6, 6.07) is 35.7. The summed E-state index contributed by atoms with van der Waals surface area (Å²) in [5.74, 6) is 0. The SMILES string of the molecule is O=Pc1cc(-c2ccccc2)cc2c1ccc1ccc(-c3ccccc3)cc12. The Morgan fingerprint density at radius 2 is 1.07 bits per heavy atom. The minimum absolute atomic E-state index is 0.0413. The Kier molecular flexibility index (Phi) is 4.24. The monoisotopic (exact) mass is 376 g/mol. The second-order valence-corrected chi connectivity index (χ2v) is 7.58. The first kappa shape index (κ1) is 16.9. The van der Waals surface area contributed by atoms with Crippen molar-refractivity contribution in [3.63, 3.8) is 0 Å². The maximum Gasteiger partial charge on any atom is 0.192 e. The van der Waals surface area contributed by atoms with Crippen molar-refractivity contribution < 1.29 is 4.57 Å². The third kappa shape index (κ3) is 2.91. The predicted octanol–water partition coefficient (Wildman–Crippen LogP) is 7.24. The first-order valence-corrected chi connectivity index (χ1v) is 10.1. The van der Waals surface area contributed by atoms with E-state index in [9.17, 15) is 4.57 Å². The summed E-state index contributed by atoms with van der Waals surface area (Å²) in [5.41, 5.74) is 4.60. The van der Waals surface area contributed by atoms with Crippen molar-refractivity contribution in [1.29, 1.82) is 0 Å². The molecule has 2 heteroatoms. The number of hydrogen-bond acceptors (Lipinski definition) is 1. The van der Waals surface area contributed by atoms with E-state index >= 15 is 0 Å². The Morgan fingerprint density at radius 3 is 1.75 bits per heavy atom. The van der Waals surface area contributed by atoms with Crippen LogP contribution in [0.5, 0.6) is 0 Å². The molecule has 0 spiro atoms. The van der Waals surface area contributed by atoms with Crippen LogP contribution < -0.4 is 5.30 Å². The largest absolute Gasteiger partial charge is 0.269 e. The highest BCUT2D eigenvalue weighted by atomic mass is 31.1. The van der Waals surface area contributed by atoms with E-state index in [0.29, 0.717) is 0 Å². The molecule has 0 aliphatic heterocycles. The van der Waals surface area contributed by atoms with Crippen LogP contribution >= 0.6 is 8.46 Å². The van der Waals surface area contributed by atoms with E-state index in [1.807, 2.05) is 30.3 Å². The highest BCUT2D eigenvalue weighted by Crippen LogP contribution is 2.33. The summed E-state index contributed by atoms with van der Waals surface area (Å²) >= 11 is 0. The number of hydrogen-bond donors (Lipinski definition) is 0. The molecule has 0 heterocycles. The maximum atomic E-state index is 11.9. The normalized spacial score (nSPS) is 11.3. The molecule has 0 aliphatic carbocycles. The lowest BCUT2D eigenvalue weighted by molar-refractivity contribution is 0.603. The van der Waals surface area contributed by atoms with Gasteiger partial charge in [0.2, 0.25) is 0 Å². The molecule has 5 rings (SSSR count). The van der Waals surface area contributed by atoms with Crippen LogP contribution in [0, 0.1) is 0 Å². The average Bonchev–Trinajstić information content (AvgIpc) is 2.79. The zero-order valence-electron chi connectivity index (χ0n) is 15.2. The second kappa shape index (κ2) is 7.03. The van der Waals surface area contributed by atoms with Gasteiger partial charge in [-0.1, -0.05) is 84.9 Å². The molecule has 0 fully saturated rings. The molecule has 132 valence electrons. The molecule has 28 heavy (non-hydrogen) atoms. The lowest BCUT2D eigenvalue weighted by Gasteiger charge is -2.11. The van der Waals surface area contributed by atoms with Crippen molar-refractivity contribution in [2.75, 3.05) is 0 Å². The van der Waals surface area contributed by atoms with Crippen LogP contribution in [0.3, 0.4) is 0 Å². The molecule has 0 saturated heterocycles. The van der Waals surface area contributed by atoms with Gasteiger partial charge in [-0.15, -0.1) is 0 Å². The first-order valence-electron chi connectivity index (χ1n) is 9.28. The van der Waals surface area contributed by atoms with Gasteiger partial charge in [-0.25, -0.2) is 0 Å². The van der Waals surface area contributed by atoms with Gasteiger partial charge in [-0.05, 0) is 62.0 Å². The third-order valence-electron chi connectivity index (χ3n) is 5.24. The van der Waals surface area contributed by atoms with Crippen molar-refractivity contribution >= 4 is 35.3 Å². The van der Waals surface area contributed by atoms with Crippen molar-refractivity contribution in [3.8, 4) is 22.3 Å². The van der Waals surface area contributed by atoms with Crippen molar-refractivity contribution in [1.82, 2.24) is 0 Å². The number of fused-ring (bicyclic) bond motifs is 3. The molecule has 0 saturated carbocycles. The maximum absolute atomic E-state index is 11.9. The highest BCUT2D eigenvalue weighted by Gasteiger charge is 2.10. The van der Waals surface area contributed by atoms with Gasteiger partial charge < -0.3 is 0 Å². The number of benzene rings is 5. The van der Waals surface area contributed by atoms with Gasteiger partial charge in [0.15, 0.2) is 8.46 Å². The molecule has 1 nitrogen and oxygen atoms in total. The topological polar surface area (TPSA) is 17.1 Å². The van der Waals surface area contributed by atoms with Crippen molar-refractivity contribution in [3.05, 3.63) is 103 Å². The van der Waals surface area contributed by atoms with Crippen LogP contribution in [-0.2, 0) is 4.57 Å². The van der Waals surface area contributed by atoms with Gasteiger partial charge in [0.25, 0.3) is 0 Å². The van der Waals surface area contributed by atoms with Crippen molar-refractivity contribution in [2.24, 2.45) is 0 Å². The summed E-state index contributed by atoms with van der Waals surface area (Å²) < 4.78 is 11.9. The molecule has 5 aromatic rings. The van der Waals surface area contributed by atoms with E-state index in [0.717, 1.165) is 27.2 Å². The van der Waals surface area contributed by atoms with E-state index in [-0.39, 0.29) is 8.46 Å². The fourth-order valence-electron chi connectivity index (χ4n) is 3.83. The van der Waals surface area contributed by atoms with E-state index < -0.39 is 0 Å². The van der Waals surface area contributed by atoms with Gasteiger partial charge in [0, 0.05) is 0 Å². The molecule has 0 unspecified atom stereocenters. The molecule has 5 aromatic carbocycles. The van der Waals surface area contributed by atoms with E-state index in [1.165, 1.54) is 21.9 Å². The Morgan fingerprint density at radius 1 is 0.464 bits per heavy atom. The fraction of sp³-hybridized carbons (Fsp3) is 0. The van der Waals surface area contributed by atoms with Crippen LogP contribution in [0.4, 0.5) is 0 Å². The van der Waals surface area contributed by atoms with Crippen molar-refractivity contribution in [2.45, 2.75) is 0 Å². The molecular formula is C26H17OP. The smallest absolute Gasteiger partial charge is 0.192 e. The molecule has 0 atom stereocenters. The van der Waals surface area contributed by atoms with E-state index in [1.54, 1.807) is 0 Å². The predicted molar refractivity (Wildman–Crippen MR) is 120 cm³/mol. The van der Waals surface area contributed by atoms with Gasteiger partial charge in [0.1, 0.15) is 0 Å². The zero-order chi connectivity index (χ0) is 18.9. The van der Waals surface area contributed by atoms with E-state index in [2.05, 4.69) is 72.8 Å². The van der Waals surface area contributed by atoms with Crippen LogP contribution in [0.25, 0.3) is 43.8 Å². The minimum Gasteiger partial charge on any atom is -0.269 e. The summed E-state index contributed by atoms with van der Waals surface area (Å²) in [7, 11) is 0.0413. The number of rotatable bonds is 3. The Balaban J connectivity index is 1.83. The Hall–Kier alpha value is -3.28. The zero-order valence-corrected chi connectivity index (χ0v) is 16.1. The van der Waals surface area contributed by atoms with Gasteiger partial charge in [0.05, 0.1) is 5.30 Å². The van der Waals surface area contributed by atoms with Crippen LogP contribution in [0.2, 0.25) is 0 Å². The summed E-state index contributed by atoms with van der Waals surface area (Å²) in [5, 5.41) is 5.36. The quantitative estimate of drug-likeness (QED) is 0.239. The summed E-state index contributed by atoms with van der Waals surface area (Å²) in [6.07, 6.45) is 0. The Labute approximate surface area is 165 Å². The lowest BCUT2D eigenvalue weighted by atomic mass is 9.94.